The highest BCUT2D eigenvalue weighted by Crippen LogP contribution is 2.23. The molecule has 2 aromatic rings. The van der Waals surface area contributed by atoms with E-state index in [-0.39, 0.29) is 6.04 Å². The van der Waals surface area contributed by atoms with Crippen LogP contribution in [0.25, 0.3) is 5.69 Å². The highest BCUT2D eigenvalue weighted by atomic mass is 79.9. The second-order valence-electron chi connectivity index (χ2n) is 4.07. The van der Waals surface area contributed by atoms with Gasteiger partial charge in [0.15, 0.2) is 5.82 Å². The summed E-state index contributed by atoms with van der Waals surface area (Å²) in [6.07, 6.45) is 2.27. The number of nitrogens with zero attached hydrogens (tertiary/aromatic N) is 4. The number of aromatic nitrogens is 4. The number of rotatable bonds is 2. The monoisotopic (exact) mass is 293 g/mol. The Morgan fingerprint density at radius 3 is 2.82 bits per heavy atom. The van der Waals surface area contributed by atoms with Crippen molar-refractivity contribution in [3.63, 3.8) is 0 Å². The molecule has 0 amide bonds. The zero-order valence-corrected chi connectivity index (χ0v) is 10.8. The molecule has 0 radical (unpaired) electrons. The minimum atomic E-state index is 0.272. The van der Waals surface area contributed by atoms with Crippen LogP contribution in [-0.4, -0.2) is 26.8 Å². The van der Waals surface area contributed by atoms with E-state index in [0.717, 1.165) is 29.0 Å². The second kappa shape index (κ2) is 4.54. The van der Waals surface area contributed by atoms with Crippen LogP contribution in [0.15, 0.2) is 28.7 Å². The Balaban J connectivity index is 1.97. The van der Waals surface area contributed by atoms with Gasteiger partial charge in [-0.25, -0.2) is 0 Å². The normalized spacial score (nSPS) is 19.7. The minimum Gasteiger partial charge on any atom is -0.307 e. The third kappa shape index (κ3) is 2.10. The molecular formula is C11H12BrN5. The van der Waals surface area contributed by atoms with Crippen molar-refractivity contribution < 1.29 is 0 Å². The Bertz CT molecular complexity index is 501. The molecule has 1 aromatic heterocycles. The average Bonchev–Trinajstić information content (AvgIpc) is 3.00. The van der Waals surface area contributed by atoms with Crippen molar-refractivity contribution in [2.75, 3.05) is 6.54 Å². The van der Waals surface area contributed by atoms with E-state index < -0.39 is 0 Å². The lowest BCUT2D eigenvalue weighted by atomic mass is 10.2. The third-order valence-electron chi connectivity index (χ3n) is 2.94. The van der Waals surface area contributed by atoms with Crippen LogP contribution in [0.3, 0.4) is 0 Å². The molecule has 6 heteroatoms. The largest absolute Gasteiger partial charge is 0.307 e. The van der Waals surface area contributed by atoms with Gasteiger partial charge in [0.25, 0.3) is 0 Å². The van der Waals surface area contributed by atoms with Gasteiger partial charge in [0.1, 0.15) is 0 Å². The summed E-state index contributed by atoms with van der Waals surface area (Å²) in [7, 11) is 0. The summed E-state index contributed by atoms with van der Waals surface area (Å²) in [5.74, 6) is 0.893. The Hall–Kier alpha value is -1.27. The van der Waals surface area contributed by atoms with Crippen LogP contribution < -0.4 is 5.32 Å². The molecule has 0 bridgehead atoms. The maximum absolute atomic E-state index is 4.12. The molecule has 1 aliphatic rings. The number of hydrogen-bond donors (Lipinski definition) is 1. The van der Waals surface area contributed by atoms with E-state index in [0.29, 0.717) is 0 Å². The van der Waals surface area contributed by atoms with Crippen LogP contribution in [0.2, 0.25) is 0 Å². The fraction of sp³-hybridized carbons (Fsp3) is 0.364. The topological polar surface area (TPSA) is 55.6 Å². The van der Waals surface area contributed by atoms with Crippen LogP contribution in [-0.2, 0) is 0 Å². The molecule has 1 unspecified atom stereocenters. The van der Waals surface area contributed by atoms with E-state index in [1.54, 1.807) is 4.68 Å². The standard InChI is InChI=1S/C11H12BrN5/c12-8-3-5-9(6-4-8)17-11(14-15-16-17)10-2-1-7-13-10/h3-6,10,13H,1-2,7H2. The molecule has 1 aliphatic heterocycles. The molecule has 1 aromatic carbocycles. The van der Waals surface area contributed by atoms with Crippen molar-refractivity contribution in [1.29, 1.82) is 0 Å². The number of tetrazole rings is 1. The molecule has 1 fully saturated rings. The molecule has 3 rings (SSSR count). The zero-order valence-electron chi connectivity index (χ0n) is 9.17. The second-order valence-corrected chi connectivity index (χ2v) is 4.99. The van der Waals surface area contributed by atoms with Crippen molar-refractivity contribution in [3.8, 4) is 5.69 Å². The molecule has 88 valence electrons. The molecular weight excluding hydrogens is 282 g/mol. The summed E-state index contributed by atoms with van der Waals surface area (Å²) in [5, 5.41) is 15.4. The van der Waals surface area contributed by atoms with Crippen molar-refractivity contribution in [2.24, 2.45) is 0 Å². The van der Waals surface area contributed by atoms with Gasteiger partial charge in [0, 0.05) is 4.47 Å². The van der Waals surface area contributed by atoms with E-state index in [1.165, 1.54) is 6.42 Å². The average molecular weight is 294 g/mol. The van der Waals surface area contributed by atoms with Crippen LogP contribution in [0, 0.1) is 0 Å². The SMILES string of the molecule is Brc1ccc(-n2nnnc2C2CCCN2)cc1. The predicted octanol–water partition coefficient (Wildman–Crippen LogP) is 1.85. The fourth-order valence-electron chi connectivity index (χ4n) is 2.08. The molecule has 5 nitrogen and oxygen atoms in total. The molecule has 1 saturated heterocycles. The molecule has 0 saturated carbocycles. The van der Waals surface area contributed by atoms with E-state index in [2.05, 4.69) is 36.8 Å². The number of hydrogen-bond acceptors (Lipinski definition) is 4. The smallest absolute Gasteiger partial charge is 0.173 e. The summed E-state index contributed by atoms with van der Waals surface area (Å²) >= 11 is 3.42. The lowest BCUT2D eigenvalue weighted by Gasteiger charge is -2.10. The van der Waals surface area contributed by atoms with Crippen LogP contribution >= 0.6 is 15.9 Å². The van der Waals surface area contributed by atoms with Gasteiger partial charge in [-0.1, -0.05) is 15.9 Å². The third-order valence-corrected chi connectivity index (χ3v) is 3.47. The Kier molecular flexibility index (Phi) is 2.90. The van der Waals surface area contributed by atoms with Crippen LogP contribution in [0.4, 0.5) is 0 Å². The number of benzene rings is 1. The first-order chi connectivity index (χ1) is 8.34. The number of nitrogens with one attached hydrogen (secondary N) is 1. The summed E-state index contributed by atoms with van der Waals surface area (Å²) in [6, 6.07) is 8.25. The molecule has 17 heavy (non-hydrogen) atoms. The van der Waals surface area contributed by atoms with Gasteiger partial charge in [0.2, 0.25) is 0 Å². The Morgan fingerprint density at radius 2 is 2.12 bits per heavy atom. The first-order valence-electron chi connectivity index (χ1n) is 5.62. The Labute approximate surface area is 107 Å². The van der Waals surface area contributed by atoms with Crippen molar-refractivity contribution in [2.45, 2.75) is 18.9 Å². The van der Waals surface area contributed by atoms with E-state index in [9.17, 15) is 0 Å². The quantitative estimate of drug-likeness (QED) is 0.918. The highest BCUT2D eigenvalue weighted by Gasteiger charge is 2.22. The molecule has 0 aliphatic carbocycles. The maximum Gasteiger partial charge on any atom is 0.173 e. The van der Waals surface area contributed by atoms with Gasteiger partial charge in [0.05, 0.1) is 11.7 Å². The molecule has 1 N–H and O–H groups in total. The summed E-state index contributed by atoms with van der Waals surface area (Å²) in [6.45, 7) is 1.04. The first-order valence-corrected chi connectivity index (χ1v) is 6.41. The van der Waals surface area contributed by atoms with Gasteiger partial charge in [-0.2, -0.15) is 4.68 Å². The maximum atomic E-state index is 4.12. The molecule has 1 atom stereocenters. The van der Waals surface area contributed by atoms with Gasteiger partial charge in [-0.15, -0.1) is 5.10 Å². The summed E-state index contributed by atoms with van der Waals surface area (Å²) in [4.78, 5) is 0. The van der Waals surface area contributed by atoms with E-state index in [1.807, 2.05) is 24.3 Å². The highest BCUT2D eigenvalue weighted by molar-refractivity contribution is 9.10. The van der Waals surface area contributed by atoms with Gasteiger partial charge in [-0.05, 0) is 54.1 Å². The van der Waals surface area contributed by atoms with Crippen molar-refractivity contribution >= 4 is 15.9 Å². The predicted molar refractivity (Wildman–Crippen MR) is 66.8 cm³/mol. The molecule has 0 spiro atoms. The van der Waals surface area contributed by atoms with Crippen LogP contribution in [0.5, 0.6) is 0 Å². The van der Waals surface area contributed by atoms with Gasteiger partial charge in [-0.3, -0.25) is 0 Å². The van der Waals surface area contributed by atoms with Crippen molar-refractivity contribution in [3.05, 3.63) is 34.6 Å². The first kappa shape index (κ1) is 10.9. The Morgan fingerprint density at radius 1 is 1.29 bits per heavy atom. The fourth-order valence-corrected chi connectivity index (χ4v) is 2.35. The lowest BCUT2D eigenvalue weighted by molar-refractivity contribution is 0.583. The lowest BCUT2D eigenvalue weighted by Crippen LogP contribution is -2.18. The number of halogens is 1. The van der Waals surface area contributed by atoms with Crippen molar-refractivity contribution in [1.82, 2.24) is 25.5 Å². The zero-order chi connectivity index (χ0) is 11.7. The van der Waals surface area contributed by atoms with Gasteiger partial charge < -0.3 is 5.32 Å². The summed E-state index contributed by atoms with van der Waals surface area (Å²) < 4.78 is 2.85. The van der Waals surface area contributed by atoms with Crippen LogP contribution in [0.1, 0.15) is 24.7 Å². The minimum absolute atomic E-state index is 0.272. The van der Waals surface area contributed by atoms with Gasteiger partial charge >= 0.3 is 0 Å². The molecule has 2 heterocycles. The van der Waals surface area contributed by atoms with E-state index >= 15 is 0 Å². The summed E-state index contributed by atoms with van der Waals surface area (Å²) in [5.41, 5.74) is 0.988. The van der Waals surface area contributed by atoms with E-state index in [4.69, 9.17) is 0 Å².